The van der Waals surface area contributed by atoms with E-state index in [1.807, 2.05) is 18.2 Å². The Labute approximate surface area is 127 Å². The van der Waals surface area contributed by atoms with Crippen molar-refractivity contribution in [3.8, 4) is 5.69 Å². The van der Waals surface area contributed by atoms with Crippen LogP contribution in [0.2, 0.25) is 0 Å². The maximum atomic E-state index is 11.9. The highest BCUT2D eigenvalue weighted by Gasteiger charge is 2.09. The number of H-pyrrole nitrogens is 1. The molecular formula is C14H18N4O2S. The summed E-state index contributed by atoms with van der Waals surface area (Å²) in [6.45, 7) is 0. The molecule has 0 saturated heterocycles. The van der Waals surface area contributed by atoms with Gasteiger partial charge >= 0.3 is 0 Å². The first-order chi connectivity index (χ1) is 10.1. The molecule has 0 aliphatic carbocycles. The van der Waals surface area contributed by atoms with Crippen LogP contribution in [0.3, 0.4) is 0 Å². The van der Waals surface area contributed by atoms with Crippen LogP contribution in [0.4, 0.5) is 5.82 Å². The van der Waals surface area contributed by atoms with Gasteiger partial charge in [0.25, 0.3) is 5.56 Å². The number of anilines is 1. The molecule has 1 atom stereocenters. The van der Waals surface area contributed by atoms with Gasteiger partial charge in [-0.15, -0.1) is 0 Å². The van der Waals surface area contributed by atoms with Crippen molar-refractivity contribution < 1.29 is 4.79 Å². The first-order valence-corrected chi connectivity index (χ1v) is 7.27. The maximum absolute atomic E-state index is 11.9. The molecule has 1 aromatic heterocycles. The highest BCUT2D eigenvalue weighted by atomic mass is 32.1. The van der Waals surface area contributed by atoms with Crippen LogP contribution in [0, 0.1) is 0 Å². The molecule has 4 N–H and O–H groups in total. The number of aromatic nitrogens is 2. The lowest BCUT2D eigenvalue weighted by Gasteiger charge is -2.07. The molecule has 2 rings (SSSR count). The fourth-order valence-corrected chi connectivity index (χ4v) is 2.03. The minimum absolute atomic E-state index is 0.105. The number of hydrogen-bond donors (Lipinski definition) is 4. The fraction of sp³-hybridized carbons (Fsp3) is 0.286. The first-order valence-electron chi connectivity index (χ1n) is 6.64. The van der Waals surface area contributed by atoms with Crippen LogP contribution in [-0.4, -0.2) is 27.5 Å². The van der Waals surface area contributed by atoms with Crippen LogP contribution in [0.25, 0.3) is 5.69 Å². The summed E-state index contributed by atoms with van der Waals surface area (Å²) in [6, 6.07) is 10.4. The third-order valence-corrected chi connectivity index (χ3v) is 3.45. The van der Waals surface area contributed by atoms with Crippen molar-refractivity contribution in [1.82, 2.24) is 9.78 Å². The molecule has 112 valence electrons. The number of thiol groups is 1. The SMILES string of the molecule is N[C@@H](CS)CCC(=O)Nc1cc(=O)n(-c2ccccc2)[nH]1. The molecule has 0 aliphatic rings. The Kier molecular flexibility index (Phi) is 5.24. The number of nitrogens with one attached hydrogen (secondary N) is 2. The second-order valence-corrected chi connectivity index (χ2v) is 5.07. The zero-order valence-corrected chi connectivity index (χ0v) is 12.3. The van der Waals surface area contributed by atoms with Gasteiger partial charge in [-0.3, -0.25) is 14.7 Å². The Hall–Kier alpha value is -1.99. The van der Waals surface area contributed by atoms with Crippen molar-refractivity contribution >= 4 is 24.4 Å². The maximum Gasteiger partial charge on any atom is 0.273 e. The monoisotopic (exact) mass is 306 g/mol. The number of nitrogens with zero attached hydrogens (tertiary/aromatic N) is 1. The summed E-state index contributed by atoms with van der Waals surface area (Å²) in [6.07, 6.45) is 0.846. The number of benzene rings is 1. The van der Waals surface area contributed by atoms with E-state index in [9.17, 15) is 9.59 Å². The van der Waals surface area contributed by atoms with Crippen molar-refractivity contribution in [2.45, 2.75) is 18.9 Å². The summed E-state index contributed by atoms with van der Waals surface area (Å²) >= 11 is 4.07. The summed E-state index contributed by atoms with van der Waals surface area (Å²) in [7, 11) is 0. The van der Waals surface area contributed by atoms with E-state index < -0.39 is 0 Å². The lowest BCUT2D eigenvalue weighted by atomic mass is 10.2. The van der Waals surface area contributed by atoms with Crippen molar-refractivity contribution in [3.63, 3.8) is 0 Å². The molecule has 1 heterocycles. The molecule has 1 amide bonds. The summed E-state index contributed by atoms with van der Waals surface area (Å²) < 4.78 is 1.37. The Morgan fingerprint density at radius 2 is 2.10 bits per heavy atom. The van der Waals surface area contributed by atoms with Crippen LogP contribution in [0.1, 0.15) is 12.8 Å². The van der Waals surface area contributed by atoms with Gasteiger partial charge < -0.3 is 11.1 Å². The van der Waals surface area contributed by atoms with E-state index in [1.54, 1.807) is 12.1 Å². The molecule has 0 bridgehead atoms. The molecule has 0 unspecified atom stereocenters. The van der Waals surface area contributed by atoms with E-state index in [0.717, 1.165) is 0 Å². The molecule has 0 aliphatic heterocycles. The normalized spacial score (nSPS) is 12.1. The van der Waals surface area contributed by atoms with Gasteiger partial charge in [0.15, 0.2) is 0 Å². The Balaban J connectivity index is 2.03. The standard InChI is InChI=1S/C14H18N4O2S/c15-10(9-21)6-7-13(19)16-12-8-14(20)18(17-12)11-4-2-1-3-5-11/h1-5,8,10,17,21H,6-7,9,15H2,(H,16,19)/t10-/m1/s1. The summed E-state index contributed by atoms with van der Waals surface area (Å²) in [5.41, 5.74) is 6.18. The average Bonchev–Trinajstić information content (AvgIpc) is 2.86. The van der Waals surface area contributed by atoms with Crippen LogP contribution in [0.5, 0.6) is 0 Å². The van der Waals surface area contributed by atoms with Crippen LogP contribution < -0.4 is 16.6 Å². The Morgan fingerprint density at radius 1 is 1.38 bits per heavy atom. The van der Waals surface area contributed by atoms with Crippen LogP contribution >= 0.6 is 12.6 Å². The van der Waals surface area contributed by atoms with Gasteiger partial charge in [0.1, 0.15) is 5.82 Å². The predicted molar refractivity (Wildman–Crippen MR) is 86.1 cm³/mol. The molecule has 6 nitrogen and oxygen atoms in total. The number of nitrogens with two attached hydrogens (primary N) is 1. The van der Waals surface area contributed by atoms with E-state index >= 15 is 0 Å². The van der Waals surface area contributed by atoms with E-state index in [4.69, 9.17) is 5.73 Å². The summed E-state index contributed by atoms with van der Waals surface area (Å²) in [5.74, 6) is 0.719. The van der Waals surface area contributed by atoms with Gasteiger partial charge in [-0.2, -0.15) is 12.6 Å². The second-order valence-electron chi connectivity index (χ2n) is 4.71. The number of hydrogen-bond acceptors (Lipinski definition) is 4. The molecule has 0 saturated carbocycles. The summed E-state index contributed by atoms with van der Waals surface area (Å²) in [4.78, 5) is 23.7. The molecule has 7 heteroatoms. The molecule has 21 heavy (non-hydrogen) atoms. The predicted octanol–water partition coefficient (Wildman–Crippen LogP) is 1.14. The summed E-state index contributed by atoms with van der Waals surface area (Å²) in [5, 5.41) is 5.51. The van der Waals surface area contributed by atoms with Gasteiger partial charge in [-0.1, -0.05) is 18.2 Å². The highest BCUT2D eigenvalue weighted by Crippen LogP contribution is 2.07. The largest absolute Gasteiger partial charge is 0.327 e. The van der Waals surface area contributed by atoms with Crippen molar-refractivity contribution in [1.29, 1.82) is 0 Å². The number of carbonyl (C=O) groups is 1. The van der Waals surface area contributed by atoms with Gasteiger partial charge in [0, 0.05) is 24.3 Å². The molecular weight excluding hydrogens is 288 g/mol. The average molecular weight is 306 g/mol. The number of carbonyl (C=O) groups excluding carboxylic acids is 1. The fourth-order valence-electron chi connectivity index (χ4n) is 1.85. The van der Waals surface area contributed by atoms with Gasteiger partial charge in [0.2, 0.25) is 5.91 Å². The van der Waals surface area contributed by atoms with Gasteiger partial charge in [-0.05, 0) is 18.6 Å². The van der Waals surface area contributed by atoms with E-state index in [1.165, 1.54) is 10.7 Å². The molecule has 0 spiro atoms. The minimum atomic E-state index is -0.233. The van der Waals surface area contributed by atoms with E-state index in [-0.39, 0.29) is 17.5 Å². The molecule has 0 radical (unpaired) electrons. The number of rotatable bonds is 6. The zero-order valence-electron chi connectivity index (χ0n) is 11.5. The van der Waals surface area contributed by atoms with E-state index in [0.29, 0.717) is 30.1 Å². The Morgan fingerprint density at radius 3 is 2.76 bits per heavy atom. The van der Waals surface area contributed by atoms with Crippen LogP contribution in [0.15, 0.2) is 41.2 Å². The smallest absolute Gasteiger partial charge is 0.273 e. The third kappa shape index (κ3) is 4.24. The number of amides is 1. The van der Waals surface area contributed by atoms with Gasteiger partial charge in [0.05, 0.1) is 5.69 Å². The lowest BCUT2D eigenvalue weighted by Crippen LogP contribution is -2.24. The minimum Gasteiger partial charge on any atom is -0.327 e. The van der Waals surface area contributed by atoms with Crippen molar-refractivity contribution in [2.75, 3.05) is 11.1 Å². The quantitative estimate of drug-likeness (QED) is 0.603. The Bertz CT molecular complexity index is 650. The first kappa shape index (κ1) is 15.4. The third-order valence-electron chi connectivity index (χ3n) is 2.99. The molecule has 2 aromatic rings. The lowest BCUT2D eigenvalue weighted by molar-refractivity contribution is -0.116. The second kappa shape index (κ2) is 7.14. The zero-order chi connectivity index (χ0) is 15.2. The van der Waals surface area contributed by atoms with Crippen molar-refractivity contribution in [3.05, 3.63) is 46.8 Å². The van der Waals surface area contributed by atoms with Crippen LogP contribution in [-0.2, 0) is 4.79 Å². The van der Waals surface area contributed by atoms with Gasteiger partial charge in [-0.25, -0.2) is 4.68 Å². The molecule has 0 fully saturated rings. The highest BCUT2D eigenvalue weighted by molar-refractivity contribution is 7.80. The topological polar surface area (TPSA) is 92.9 Å². The molecule has 1 aromatic carbocycles. The number of aromatic amines is 1. The van der Waals surface area contributed by atoms with E-state index in [2.05, 4.69) is 23.0 Å². The van der Waals surface area contributed by atoms with Crippen molar-refractivity contribution in [2.24, 2.45) is 5.73 Å². The number of para-hydroxylation sites is 1.